The lowest BCUT2D eigenvalue weighted by molar-refractivity contribution is -0.144. The normalized spacial score (nSPS) is 16.8. The SMILES string of the molecule is NC(N)=NCCCC(N)C(=O)NC(Cc1c[nH]c2ccccc12)C(=O)N1CCCC1C(=O)NC(Cc1cnc[nH]1)C(=O)O. The molecule has 0 radical (unpaired) electrons. The van der Waals surface area contributed by atoms with Crippen LogP contribution in [-0.2, 0) is 32.0 Å². The highest BCUT2D eigenvalue weighted by molar-refractivity contribution is 5.95. The number of nitrogens with two attached hydrogens (primary N) is 3. The van der Waals surface area contributed by atoms with Gasteiger partial charge in [-0.1, -0.05) is 18.2 Å². The number of carboxylic acid groups (broad SMARTS) is 1. The molecule has 1 aliphatic rings. The van der Waals surface area contributed by atoms with Crippen LogP contribution in [0.3, 0.4) is 0 Å². The summed E-state index contributed by atoms with van der Waals surface area (Å²) in [4.78, 5) is 67.5. The van der Waals surface area contributed by atoms with Crippen molar-refractivity contribution in [2.75, 3.05) is 13.1 Å². The van der Waals surface area contributed by atoms with Crippen LogP contribution in [0.2, 0.25) is 0 Å². The number of amides is 3. The van der Waals surface area contributed by atoms with Crippen LogP contribution >= 0.6 is 0 Å². The van der Waals surface area contributed by atoms with Crippen molar-refractivity contribution in [3.63, 3.8) is 0 Å². The molecule has 0 bridgehead atoms. The number of nitrogens with one attached hydrogen (secondary N) is 4. The number of aliphatic carboxylic acids is 1. The molecule has 4 rings (SSSR count). The van der Waals surface area contributed by atoms with Crippen molar-refractivity contribution in [3.8, 4) is 0 Å². The number of imidazole rings is 1. The van der Waals surface area contributed by atoms with Crippen LogP contribution in [0.1, 0.15) is 36.9 Å². The fourth-order valence-corrected chi connectivity index (χ4v) is 5.24. The molecule has 1 fully saturated rings. The molecule has 15 heteroatoms. The number of H-pyrrole nitrogens is 2. The van der Waals surface area contributed by atoms with Crippen molar-refractivity contribution in [3.05, 3.63) is 54.2 Å². The predicted molar refractivity (Wildman–Crippen MR) is 158 cm³/mol. The fourth-order valence-electron chi connectivity index (χ4n) is 5.24. The number of likely N-dealkylation sites (tertiary alicyclic amines) is 1. The Morgan fingerprint density at radius 2 is 1.91 bits per heavy atom. The molecular weight excluding hydrogens is 556 g/mol. The number of guanidine groups is 1. The van der Waals surface area contributed by atoms with E-state index in [0.717, 1.165) is 16.5 Å². The van der Waals surface area contributed by atoms with Gasteiger partial charge in [0, 0.05) is 54.9 Å². The first kappa shape index (κ1) is 31.0. The minimum atomic E-state index is -1.22. The van der Waals surface area contributed by atoms with Gasteiger partial charge in [-0.25, -0.2) is 9.78 Å². The smallest absolute Gasteiger partial charge is 0.326 e. The first-order valence-corrected chi connectivity index (χ1v) is 14.1. The van der Waals surface area contributed by atoms with Gasteiger partial charge >= 0.3 is 5.97 Å². The summed E-state index contributed by atoms with van der Waals surface area (Å²) in [5.74, 6) is -2.82. The lowest BCUT2D eigenvalue weighted by Crippen LogP contribution is -2.57. The van der Waals surface area contributed by atoms with Gasteiger partial charge < -0.3 is 47.8 Å². The summed E-state index contributed by atoms with van der Waals surface area (Å²) in [5, 5.41) is 16.0. The first-order chi connectivity index (χ1) is 20.6. The zero-order valence-corrected chi connectivity index (χ0v) is 23.7. The molecule has 230 valence electrons. The van der Waals surface area contributed by atoms with E-state index in [9.17, 15) is 24.3 Å². The number of hydrogen-bond acceptors (Lipinski definition) is 7. The van der Waals surface area contributed by atoms with Crippen LogP contribution in [0.5, 0.6) is 0 Å². The lowest BCUT2D eigenvalue weighted by atomic mass is 10.0. The van der Waals surface area contributed by atoms with Crippen molar-refractivity contribution in [1.29, 1.82) is 0 Å². The molecule has 0 aliphatic carbocycles. The monoisotopic (exact) mass is 594 g/mol. The number of aromatic amines is 2. The number of carbonyl (C=O) groups is 4. The molecule has 11 N–H and O–H groups in total. The number of carbonyl (C=O) groups excluding carboxylic acids is 3. The number of benzene rings is 1. The quantitative estimate of drug-likeness (QED) is 0.0653. The second kappa shape index (κ2) is 14.3. The van der Waals surface area contributed by atoms with Crippen LogP contribution in [0, 0.1) is 0 Å². The zero-order valence-electron chi connectivity index (χ0n) is 23.7. The number of carboxylic acids is 1. The maximum atomic E-state index is 14.0. The highest BCUT2D eigenvalue weighted by Crippen LogP contribution is 2.23. The van der Waals surface area contributed by atoms with Crippen LogP contribution in [0.4, 0.5) is 0 Å². The van der Waals surface area contributed by atoms with E-state index in [2.05, 4.69) is 30.6 Å². The zero-order chi connectivity index (χ0) is 30.9. The van der Waals surface area contributed by atoms with Gasteiger partial charge in [-0.05, 0) is 37.3 Å². The molecule has 1 saturated heterocycles. The Labute approximate surface area is 247 Å². The number of nitrogens with zero attached hydrogens (tertiary/aromatic N) is 3. The average molecular weight is 595 g/mol. The Hall–Kier alpha value is -4.92. The highest BCUT2D eigenvalue weighted by Gasteiger charge is 2.39. The van der Waals surface area contributed by atoms with Gasteiger partial charge in [0.1, 0.15) is 18.1 Å². The van der Waals surface area contributed by atoms with E-state index in [-0.39, 0.29) is 31.8 Å². The van der Waals surface area contributed by atoms with Crippen LogP contribution in [0.15, 0.2) is 48.0 Å². The number of aromatic nitrogens is 3. The van der Waals surface area contributed by atoms with Gasteiger partial charge in [0.2, 0.25) is 17.7 Å². The molecule has 2 aromatic heterocycles. The highest BCUT2D eigenvalue weighted by atomic mass is 16.4. The molecule has 3 aromatic rings. The molecule has 0 saturated carbocycles. The molecule has 4 atom stereocenters. The van der Waals surface area contributed by atoms with Crippen molar-refractivity contribution in [1.82, 2.24) is 30.5 Å². The van der Waals surface area contributed by atoms with Gasteiger partial charge in [0.15, 0.2) is 5.96 Å². The summed E-state index contributed by atoms with van der Waals surface area (Å²) in [6.45, 7) is 0.587. The summed E-state index contributed by atoms with van der Waals surface area (Å²) in [6.07, 6.45) is 6.49. The average Bonchev–Trinajstić information content (AvgIpc) is 3.75. The van der Waals surface area contributed by atoms with Crippen molar-refractivity contribution in [2.24, 2.45) is 22.2 Å². The Bertz CT molecular complexity index is 1450. The molecule has 3 heterocycles. The Balaban J connectivity index is 1.50. The van der Waals surface area contributed by atoms with E-state index in [0.29, 0.717) is 31.5 Å². The Morgan fingerprint density at radius 3 is 2.63 bits per heavy atom. The minimum absolute atomic E-state index is 0.00204. The number of hydrogen-bond donors (Lipinski definition) is 8. The second-order valence-corrected chi connectivity index (χ2v) is 10.6. The molecular formula is C28H38N10O5. The molecule has 15 nitrogen and oxygen atoms in total. The van der Waals surface area contributed by atoms with Gasteiger partial charge in [0.05, 0.1) is 12.4 Å². The maximum absolute atomic E-state index is 14.0. The molecule has 0 spiro atoms. The third-order valence-corrected chi connectivity index (χ3v) is 7.45. The van der Waals surface area contributed by atoms with E-state index in [1.807, 2.05) is 24.3 Å². The number of rotatable bonds is 14. The van der Waals surface area contributed by atoms with E-state index >= 15 is 0 Å². The molecule has 3 amide bonds. The summed E-state index contributed by atoms with van der Waals surface area (Å²) in [6, 6.07) is 3.54. The summed E-state index contributed by atoms with van der Waals surface area (Å²) in [5.41, 5.74) is 19.1. The number of aliphatic imine (C=N–C) groups is 1. The van der Waals surface area contributed by atoms with Crippen LogP contribution in [0.25, 0.3) is 10.9 Å². The lowest BCUT2D eigenvalue weighted by Gasteiger charge is -2.30. The predicted octanol–water partition coefficient (Wildman–Crippen LogP) is -0.898. The van der Waals surface area contributed by atoms with E-state index in [1.165, 1.54) is 17.4 Å². The number of fused-ring (bicyclic) bond motifs is 1. The van der Waals surface area contributed by atoms with Gasteiger partial charge in [-0.3, -0.25) is 19.4 Å². The summed E-state index contributed by atoms with van der Waals surface area (Å²) < 4.78 is 0. The largest absolute Gasteiger partial charge is 0.480 e. The van der Waals surface area contributed by atoms with Crippen LogP contribution in [-0.4, -0.2) is 91.9 Å². The van der Waals surface area contributed by atoms with Gasteiger partial charge in [0.25, 0.3) is 0 Å². The molecule has 1 aliphatic heterocycles. The third kappa shape index (κ3) is 8.09. The second-order valence-electron chi connectivity index (χ2n) is 10.6. The van der Waals surface area contributed by atoms with Gasteiger partial charge in [-0.2, -0.15) is 0 Å². The number of para-hydroxylation sites is 1. The molecule has 1 aromatic carbocycles. The van der Waals surface area contributed by atoms with Crippen LogP contribution < -0.4 is 27.8 Å². The summed E-state index contributed by atoms with van der Waals surface area (Å²) >= 11 is 0. The third-order valence-electron chi connectivity index (χ3n) is 7.45. The van der Waals surface area contributed by atoms with E-state index < -0.39 is 47.9 Å². The van der Waals surface area contributed by atoms with Crippen molar-refractivity contribution in [2.45, 2.75) is 62.7 Å². The first-order valence-electron chi connectivity index (χ1n) is 14.1. The molecule has 4 unspecified atom stereocenters. The van der Waals surface area contributed by atoms with Crippen molar-refractivity contribution >= 4 is 40.6 Å². The molecule has 43 heavy (non-hydrogen) atoms. The Kier molecular flexibility index (Phi) is 10.3. The summed E-state index contributed by atoms with van der Waals surface area (Å²) in [7, 11) is 0. The topological polar surface area (TPSA) is 251 Å². The fraction of sp³-hybridized carbons (Fsp3) is 0.429. The van der Waals surface area contributed by atoms with E-state index in [1.54, 1.807) is 6.20 Å². The van der Waals surface area contributed by atoms with Gasteiger partial charge in [-0.15, -0.1) is 0 Å². The Morgan fingerprint density at radius 1 is 1.12 bits per heavy atom. The van der Waals surface area contributed by atoms with Crippen molar-refractivity contribution < 1.29 is 24.3 Å². The maximum Gasteiger partial charge on any atom is 0.326 e. The standard InChI is InChI=1S/C28H38N10O5/c29-19(6-3-9-33-28(30)31)24(39)36-21(11-16-13-34-20-7-2-1-5-18(16)20)26(41)38-10-4-8-23(38)25(40)37-22(27(42)43)12-17-14-32-15-35-17/h1-2,5,7,13-15,19,21-23,34H,3-4,6,8-12,29H2,(H,32,35)(H,36,39)(H,37,40)(H,42,43)(H4,30,31,33). The van der Waals surface area contributed by atoms with E-state index in [4.69, 9.17) is 17.2 Å². The minimum Gasteiger partial charge on any atom is -0.480 e.